The van der Waals surface area contributed by atoms with E-state index in [1.165, 1.54) is 41.7 Å². The van der Waals surface area contributed by atoms with Gasteiger partial charge < -0.3 is 9.80 Å². The molecule has 4 nitrogen and oxygen atoms in total. The molecule has 1 aliphatic carbocycles. The Morgan fingerprint density at radius 2 is 1.61 bits per heavy atom. The number of benzene rings is 2. The van der Waals surface area contributed by atoms with Crippen LogP contribution in [0.2, 0.25) is 0 Å². The molecule has 0 atom stereocenters. The number of nitrogens with zero attached hydrogens (tertiary/aromatic N) is 2. The normalized spacial score (nSPS) is 13.8. The van der Waals surface area contributed by atoms with Crippen molar-refractivity contribution in [2.45, 2.75) is 90.8 Å². The van der Waals surface area contributed by atoms with Gasteiger partial charge in [-0.2, -0.15) is 0 Å². The van der Waals surface area contributed by atoms with Crippen molar-refractivity contribution in [2.24, 2.45) is 0 Å². The first-order chi connectivity index (χ1) is 18.5. The maximum Gasteiger partial charge on any atom is 0.254 e. The number of thiophene rings is 1. The highest BCUT2D eigenvalue weighted by Crippen LogP contribution is 2.26. The zero-order valence-electron chi connectivity index (χ0n) is 23.0. The standard InChI is InChI=1S/C33H42N2O2S/c1-3-4-7-12-27-17-19-29(20-18-27)33(37)35(30-15-10-6-11-16-30)25-32(36)34(23-28-13-8-5-9-14-28)24-31-26(2)21-22-38-31/h5,8-9,13-14,17-22,30H,3-4,6-7,10-12,15-16,23-25H2,1-2H3. The Morgan fingerprint density at radius 3 is 2.26 bits per heavy atom. The average Bonchev–Trinajstić information content (AvgIpc) is 3.36. The Morgan fingerprint density at radius 1 is 0.868 bits per heavy atom. The molecule has 3 aromatic rings. The summed E-state index contributed by atoms with van der Waals surface area (Å²) in [5.41, 5.74) is 4.27. The van der Waals surface area contributed by atoms with Gasteiger partial charge in [-0.3, -0.25) is 9.59 Å². The maximum absolute atomic E-state index is 13.9. The van der Waals surface area contributed by atoms with Crippen LogP contribution < -0.4 is 0 Å². The van der Waals surface area contributed by atoms with Crippen molar-refractivity contribution < 1.29 is 9.59 Å². The Hall–Kier alpha value is -2.92. The molecule has 0 bridgehead atoms. The van der Waals surface area contributed by atoms with E-state index < -0.39 is 0 Å². The first kappa shape index (κ1) is 28.1. The summed E-state index contributed by atoms with van der Waals surface area (Å²) in [6, 6.07) is 20.5. The molecule has 0 N–H and O–H groups in total. The van der Waals surface area contributed by atoms with Crippen LogP contribution in [0.5, 0.6) is 0 Å². The minimum absolute atomic E-state index is 0.0109. The highest BCUT2D eigenvalue weighted by atomic mass is 32.1. The molecule has 5 heteroatoms. The van der Waals surface area contributed by atoms with Crippen LogP contribution in [-0.2, 0) is 24.3 Å². The molecule has 1 fully saturated rings. The van der Waals surface area contributed by atoms with E-state index in [9.17, 15) is 9.59 Å². The fraction of sp³-hybridized carbons (Fsp3) is 0.455. The van der Waals surface area contributed by atoms with Crippen LogP contribution in [0, 0.1) is 6.92 Å². The monoisotopic (exact) mass is 530 g/mol. The second kappa shape index (κ2) is 14.3. The first-order valence-corrected chi connectivity index (χ1v) is 15.2. The van der Waals surface area contributed by atoms with Gasteiger partial charge in [0.25, 0.3) is 5.91 Å². The van der Waals surface area contributed by atoms with Crippen LogP contribution >= 0.6 is 11.3 Å². The molecule has 0 saturated heterocycles. The predicted molar refractivity (Wildman–Crippen MR) is 157 cm³/mol. The highest BCUT2D eigenvalue weighted by Gasteiger charge is 2.30. The molecule has 1 saturated carbocycles. The van der Waals surface area contributed by atoms with E-state index in [0.29, 0.717) is 18.7 Å². The number of unbranched alkanes of at least 4 members (excludes halogenated alkanes) is 2. The van der Waals surface area contributed by atoms with Gasteiger partial charge in [0, 0.05) is 23.0 Å². The summed E-state index contributed by atoms with van der Waals surface area (Å²) in [5, 5.41) is 2.08. The molecule has 202 valence electrons. The lowest BCUT2D eigenvalue weighted by Gasteiger charge is -2.35. The van der Waals surface area contributed by atoms with Crippen molar-refractivity contribution in [3.63, 3.8) is 0 Å². The highest BCUT2D eigenvalue weighted by molar-refractivity contribution is 7.10. The van der Waals surface area contributed by atoms with Crippen LogP contribution in [0.25, 0.3) is 0 Å². The smallest absolute Gasteiger partial charge is 0.254 e. The Labute approximate surface area is 232 Å². The topological polar surface area (TPSA) is 40.6 Å². The van der Waals surface area contributed by atoms with Crippen LogP contribution in [0.3, 0.4) is 0 Å². The van der Waals surface area contributed by atoms with E-state index in [4.69, 9.17) is 0 Å². The lowest BCUT2D eigenvalue weighted by Crippen LogP contribution is -2.48. The summed E-state index contributed by atoms with van der Waals surface area (Å²) >= 11 is 1.69. The summed E-state index contributed by atoms with van der Waals surface area (Å²) in [4.78, 5) is 32.8. The van der Waals surface area contributed by atoms with Gasteiger partial charge in [-0.05, 0) is 72.9 Å². The van der Waals surface area contributed by atoms with E-state index in [1.54, 1.807) is 11.3 Å². The number of hydrogen-bond donors (Lipinski definition) is 0. The second-order valence-electron chi connectivity index (χ2n) is 10.6. The van der Waals surface area contributed by atoms with Crippen LogP contribution in [-0.4, -0.2) is 34.2 Å². The van der Waals surface area contributed by atoms with E-state index >= 15 is 0 Å². The molecule has 0 unspecified atom stereocenters. The Bertz CT molecular complexity index is 1150. The molecule has 2 aromatic carbocycles. The van der Waals surface area contributed by atoms with Gasteiger partial charge in [-0.1, -0.05) is 81.5 Å². The van der Waals surface area contributed by atoms with Crippen LogP contribution in [0.1, 0.15) is 90.2 Å². The minimum Gasteiger partial charge on any atom is -0.332 e. The second-order valence-corrected chi connectivity index (χ2v) is 11.6. The van der Waals surface area contributed by atoms with E-state index in [1.807, 2.05) is 40.1 Å². The average molecular weight is 531 g/mol. The molecule has 0 radical (unpaired) electrons. The zero-order chi connectivity index (χ0) is 26.7. The third-order valence-corrected chi connectivity index (χ3v) is 8.73. The molecule has 0 aliphatic heterocycles. The maximum atomic E-state index is 13.9. The van der Waals surface area contributed by atoms with E-state index in [2.05, 4.69) is 49.6 Å². The Kier molecular flexibility index (Phi) is 10.6. The van der Waals surface area contributed by atoms with Crippen molar-refractivity contribution >= 4 is 23.2 Å². The van der Waals surface area contributed by atoms with Crippen LogP contribution in [0.4, 0.5) is 0 Å². The van der Waals surface area contributed by atoms with Gasteiger partial charge in [-0.15, -0.1) is 11.3 Å². The number of rotatable bonds is 12. The zero-order valence-corrected chi connectivity index (χ0v) is 23.8. The lowest BCUT2D eigenvalue weighted by molar-refractivity contribution is -0.133. The molecule has 1 aromatic heterocycles. The predicted octanol–water partition coefficient (Wildman–Crippen LogP) is 7.79. The molecule has 0 spiro atoms. The number of carbonyl (C=O) groups is 2. The van der Waals surface area contributed by atoms with Crippen LogP contribution in [0.15, 0.2) is 66.0 Å². The third-order valence-electron chi connectivity index (χ3n) is 7.72. The van der Waals surface area contributed by atoms with Gasteiger partial charge in [-0.25, -0.2) is 0 Å². The van der Waals surface area contributed by atoms with Gasteiger partial charge in [0.05, 0.1) is 6.54 Å². The van der Waals surface area contributed by atoms with E-state index in [0.717, 1.165) is 37.7 Å². The molecule has 1 heterocycles. The van der Waals surface area contributed by atoms with Gasteiger partial charge in [0.1, 0.15) is 6.54 Å². The van der Waals surface area contributed by atoms with Gasteiger partial charge in [0.2, 0.25) is 5.91 Å². The Balaban J connectivity index is 1.53. The lowest BCUT2D eigenvalue weighted by atomic mass is 9.93. The molecular weight excluding hydrogens is 488 g/mol. The number of aryl methyl sites for hydroxylation is 2. The SMILES string of the molecule is CCCCCc1ccc(C(=O)N(CC(=O)N(Cc2ccccc2)Cc2sccc2C)C2CCCCC2)cc1. The largest absolute Gasteiger partial charge is 0.332 e. The molecule has 1 aliphatic rings. The summed E-state index contributed by atoms with van der Waals surface area (Å²) in [7, 11) is 0. The molecule has 38 heavy (non-hydrogen) atoms. The first-order valence-electron chi connectivity index (χ1n) is 14.3. The van der Waals surface area contributed by atoms with Crippen molar-refractivity contribution in [1.82, 2.24) is 9.80 Å². The van der Waals surface area contributed by atoms with Gasteiger partial charge >= 0.3 is 0 Å². The number of hydrogen-bond acceptors (Lipinski definition) is 3. The molecular formula is C33H42N2O2S. The third kappa shape index (κ3) is 7.80. The van der Waals surface area contributed by atoms with Crippen molar-refractivity contribution in [1.29, 1.82) is 0 Å². The van der Waals surface area contributed by atoms with Gasteiger partial charge in [0.15, 0.2) is 0 Å². The van der Waals surface area contributed by atoms with Crippen molar-refractivity contribution in [3.05, 3.63) is 93.2 Å². The van der Waals surface area contributed by atoms with E-state index in [-0.39, 0.29) is 24.4 Å². The molecule has 4 rings (SSSR count). The molecule has 2 amide bonds. The number of carbonyl (C=O) groups excluding carboxylic acids is 2. The number of amides is 2. The van der Waals surface area contributed by atoms with Crippen molar-refractivity contribution in [2.75, 3.05) is 6.54 Å². The fourth-order valence-corrected chi connectivity index (χ4v) is 6.26. The summed E-state index contributed by atoms with van der Waals surface area (Å²) < 4.78 is 0. The summed E-state index contributed by atoms with van der Waals surface area (Å²) in [5.74, 6) is -0.00548. The fourth-order valence-electron chi connectivity index (χ4n) is 5.34. The summed E-state index contributed by atoms with van der Waals surface area (Å²) in [6.07, 6.45) is 10.0. The minimum atomic E-state index is -0.0164. The van der Waals surface area contributed by atoms with Crippen molar-refractivity contribution in [3.8, 4) is 0 Å². The summed E-state index contributed by atoms with van der Waals surface area (Å²) in [6.45, 7) is 5.54. The quantitative estimate of drug-likeness (QED) is 0.224.